The number of aryl methyl sites for hydroxylation is 1. The van der Waals surface area contributed by atoms with E-state index in [9.17, 15) is 5.11 Å². The van der Waals surface area contributed by atoms with E-state index in [-0.39, 0.29) is 6.61 Å². The smallest absolute Gasteiger partial charge is 0.137 e. The maximum atomic E-state index is 9.48. The first-order chi connectivity index (χ1) is 11.3. The molecule has 0 unspecified atom stereocenters. The van der Waals surface area contributed by atoms with Gasteiger partial charge in [0.25, 0.3) is 0 Å². The predicted molar refractivity (Wildman–Crippen MR) is 91.8 cm³/mol. The van der Waals surface area contributed by atoms with E-state index in [0.29, 0.717) is 17.5 Å². The van der Waals surface area contributed by atoms with Crippen LogP contribution in [0.5, 0.6) is 5.75 Å². The van der Waals surface area contributed by atoms with Crippen molar-refractivity contribution in [3.8, 4) is 5.75 Å². The van der Waals surface area contributed by atoms with Gasteiger partial charge in [-0.15, -0.1) is 0 Å². The Morgan fingerprint density at radius 3 is 2.65 bits per heavy atom. The molecule has 0 saturated heterocycles. The summed E-state index contributed by atoms with van der Waals surface area (Å²) >= 11 is 6.06. The van der Waals surface area contributed by atoms with Crippen LogP contribution in [0, 0.1) is 0 Å². The van der Waals surface area contributed by atoms with Crippen molar-refractivity contribution in [2.75, 3.05) is 6.61 Å². The summed E-state index contributed by atoms with van der Waals surface area (Å²) in [5, 5.41) is 10.1. The normalized spacial score (nSPS) is 11.0. The highest BCUT2D eigenvalue weighted by molar-refractivity contribution is 6.32. The van der Waals surface area contributed by atoms with E-state index in [0.717, 1.165) is 36.2 Å². The summed E-state index contributed by atoms with van der Waals surface area (Å²) in [4.78, 5) is 4.45. The monoisotopic (exact) mass is 330 g/mol. The van der Waals surface area contributed by atoms with Gasteiger partial charge in [0.2, 0.25) is 0 Å². The van der Waals surface area contributed by atoms with Gasteiger partial charge < -0.3 is 14.4 Å². The summed E-state index contributed by atoms with van der Waals surface area (Å²) < 4.78 is 7.77. The number of imidazole rings is 1. The molecule has 0 atom stereocenters. The lowest BCUT2D eigenvalue weighted by Crippen LogP contribution is -2.06. The van der Waals surface area contributed by atoms with Crippen molar-refractivity contribution in [1.29, 1.82) is 0 Å². The highest BCUT2D eigenvalue weighted by atomic mass is 35.5. The van der Waals surface area contributed by atoms with Gasteiger partial charge in [0, 0.05) is 6.54 Å². The van der Waals surface area contributed by atoms with E-state index in [4.69, 9.17) is 16.3 Å². The number of fused-ring (bicyclic) bond motifs is 1. The molecule has 1 N–H and O–H groups in total. The third kappa shape index (κ3) is 3.66. The first-order valence-corrected chi connectivity index (χ1v) is 8.09. The Morgan fingerprint density at radius 2 is 1.83 bits per heavy atom. The van der Waals surface area contributed by atoms with Gasteiger partial charge in [-0.3, -0.25) is 0 Å². The molecule has 0 bridgehead atoms. The number of unbranched alkanes of at least 4 members (excludes halogenated alkanes) is 1. The van der Waals surface area contributed by atoms with Crippen LogP contribution in [0.25, 0.3) is 11.0 Å². The number of ether oxygens (including phenoxy) is 1. The highest BCUT2D eigenvalue weighted by Crippen LogP contribution is 2.23. The molecule has 0 aliphatic rings. The molecule has 23 heavy (non-hydrogen) atoms. The Kier molecular flexibility index (Phi) is 5.16. The molecular weight excluding hydrogens is 312 g/mol. The Bertz CT molecular complexity index is 786. The zero-order valence-corrected chi connectivity index (χ0v) is 13.5. The SMILES string of the molecule is OCc1nc2ccccc2n1CCCCOc1ccccc1Cl. The van der Waals surface area contributed by atoms with Crippen LogP contribution in [0.2, 0.25) is 5.02 Å². The number of aromatic nitrogens is 2. The third-order valence-corrected chi connectivity index (χ3v) is 4.06. The molecular formula is C18H19ClN2O2. The number of aliphatic hydroxyl groups is 1. The van der Waals surface area contributed by atoms with Crippen molar-refractivity contribution in [3.05, 3.63) is 59.4 Å². The zero-order chi connectivity index (χ0) is 16.1. The largest absolute Gasteiger partial charge is 0.492 e. The van der Waals surface area contributed by atoms with Gasteiger partial charge in [-0.2, -0.15) is 0 Å². The van der Waals surface area contributed by atoms with E-state index in [1.54, 1.807) is 0 Å². The van der Waals surface area contributed by atoms with E-state index in [1.807, 2.05) is 48.5 Å². The summed E-state index contributed by atoms with van der Waals surface area (Å²) in [5.41, 5.74) is 1.98. The Labute approximate surface area is 140 Å². The maximum Gasteiger partial charge on any atom is 0.137 e. The highest BCUT2D eigenvalue weighted by Gasteiger charge is 2.08. The topological polar surface area (TPSA) is 47.3 Å². The standard InChI is InChI=1S/C18H19ClN2O2/c19-14-7-1-4-10-17(14)23-12-6-5-11-21-16-9-3-2-8-15(16)20-18(21)13-22/h1-4,7-10,22H,5-6,11-13H2. The fourth-order valence-corrected chi connectivity index (χ4v) is 2.80. The van der Waals surface area contributed by atoms with Crippen molar-refractivity contribution in [2.45, 2.75) is 26.0 Å². The molecule has 0 spiro atoms. The molecule has 3 aromatic rings. The molecule has 2 aromatic carbocycles. The molecule has 5 heteroatoms. The number of rotatable bonds is 7. The second-order valence-electron chi connectivity index (χ2n) is 5.31. The summed E-state index contributed by atoms with van der Waals surface area (Å²) in [6.45, 7) is 1.37. The number of benzene rings is 2. The quantitative estimate of drug-likeness (QED) is 0.665. The van der Waals surface area contributed by atoms with Crippen LogP contribution >= 0.6 is 11.6 Å². The van der Waals surface area contributed by atoms with Gasteiger partial charge in [0.15, 0.2) is 0 Å². The Morgan fingerprint density at radius 1 is 1.04 bits per heavy atom. The fourth-order valence-electron chi connectivity index (χ4n) is 2.61. The number of aliphatic hydroxyl groups excluding tert-OH is 1. The number of halogens is 1. The summed E-state index contributed by atoms with van der Waals surface area (Å²) in [6, 6.07) is 15.4. The van der Waals surface area contributed by atoms with Crippen molar-refractivity contribution in [2.24, 2.45) is 0 Å². The molecule has 120 valence electrons. The van der Waals surface area contributed by atoms with Crippen molar-refractivity contribution in [1.82, 2.24) is 9.55 Å². The minimum Gasteiger partial charge on any atom is -0.492 e. The van der Waals surface area contributed by atoms with Crippen molar-refractivity contribution in [3.63, 3.8) is 0 Å². The van der Waals surface area contributed by atoms with Gasteiger partial charge >= 0.3 is 0 Å². The van der Waals surface area contributed by atoms with Gasteiger partial charge in [-0.25, -0.2) is 4.98 Å². The lowest BCUT2D eigenvalue weighted by molar-refractivity contribution is 0.263. The predicted octanol–water partition coefficient (Wildman–Crippen LogP) is 4.04. The third-order valence-electron chi connectivity index (χ3n) is 3.75. The summed E-state index contributed by atoms with van der Waals surface area (Å²) in [5.74, 6) is 1.43. The van der Waals surface area contributed by atoms with Gasteiger partial charge in [0.05, 0.1) is 22.7 Å². The number of hydrogen-bond acceptors (Lipinski definition) is 3. The molecule has 3 rings (SSSR count). The second-order valence-corrected chi connectivity index (χ2v) is 5.72. The minimum absolute atomic E-state index is 0.0508. The van der Waals surface area contributed by atoms with E-state index in [2.05, 4.69) is 9.55 Å². The Hall–Kier alpha value is -2.04. The van der Waals surface area contributed by atoms with Crippen molar-refractivity contribution < 1.29 is 9.84 Å². The molecule has 0 aliphatic carbocycles. The zero-order valence-electron chi connectivity index (χ0n) is 12.8. The summed E-state index contributed by atoms with van der Waals surface area (Å²) in [6.07, 6.45) is 1.85. The van der Waals surface area contributed by atoms with Crippen LogP contribution in [-0.2, 0) is 13.2 Å². The first-order valence-electron chi connectivity index (χ1n) is 7.72. The maximum absolute atomic E-state index is 9.48. The minimum atomic E-state index is -0.0508. The molecule has 1 heterocycles. The molecule has 0 amide bonds. The second kappa shape index (κ2) is 7.49. The Balaban J connectivity index is 1.56. The molecule has 0 fully saturated rings. The van der Waals surface area contributed by atoms with Crippen LogP contribution in [0.1, 0.15) is 18.7 Å². The molecule has 0 radical (unpaired) electrons. The van der Waals surface area contributed by atoms with Crippen LogP contribution in [0.3, 0.4) is 0 Å². The van der Waals surface area contributed by atoms with E-state index in [1.165, 1.54) is 0 Å². The first kappa shape index (κ1) is 15.8. The molecule has 4 nitrogen and oxygen atoms in total. The van der Waals surface area contributed by atoms with Gasteiger partial charge in [0.1, 0.15) is 18.2 Å². The van der Waals surface area contributed by atoms with Gasteiger partial charge in [-0.05, 0) is 37.1 Å². The average molecular weight is 331 g/mol. The van der Waals surface area contributed by atoms with Crippen molar-refractivity contribution >= 4 is 22.6 Å². The van der Waals surface area contributed by atoms with Crippen LogP contribution < -0.4 is 4.74 Å². The summed E-state index contributed by atoms with van der Waals surface area (Å²) in [7, 11) is 0. The lowest BCUT2D eigenvalue weighted by Gasteiger charge is -2.09. The van der Waals surface area contributed by atoms with Crippen LogP contribution in [-0.4, -0.2) is 21.3 Å². The number of nitrogens with zero attached hydrogens (tertiary/aromatic N) is 2. The lowest BCUT2D eigenvalue weighted by atomic mass is 10.3. The van der Waals surface area contributed by atoms with Gasteiger partial charge in [-0.1, -0.05) is 35.9 Å². The van der Waals surface area contributed by atoms with E-state index < -0.39 is 0 Å². The number of para-hydroxylation sites is 3. The van der Waals surface area contributed by atoms with Crippen LogP contribution in [0.15, 0.2) is 48.5 Å². The molecule has 1 aromatic heterocycles. The average Bonchev–Trinajstić information content (AvgIpc) is 2.94. The van der Waals surface area contributed by atoms with Crippen LogP contribution in [0.4, 0.5) is 0 Å². The van der Waals surface area contributed by atoms with E-state index >= 15 is 0 Å². The molecule has 0 saturated carbocycles. The number of hydrogen-bond donors (Lipinski definition) is 1. The molecule has 0 aliphatic heterocycles. The fraction of sp³-hybridized carbons (Fsp3) is 0.278.